The summed E-state index contributed by atoms with van der Waals surface area (Å²) in [6.45, 7) is 4.01. The van der Waals surface area contributed by atoms with Crippen LogP contribution in [-0.4, -0.2) is 58.0 Å². The van der Waals surface area contributed by atoms with Crippen LogP contribution >= 0.6 is 0 Å². The lowest BCUT2D eigenvalue weighted by Gasteiger charge is -2.19. The second-order valence-corrected chi connectivity index (χ2v) is 4.98. The zero-order valence-corrected chi connectivity index (χ0v) is 13.1. The molecule has 5 N–H and O–H groups in total. The van der Waals surface area contributed by atoms with Gasteiger partial charge in [-0.1, -0.05) is 0 Å². The molecule has 3 amide bonds. The maximum atomic E-state index is 11.8. The van der Waals surface area contributed by atoms with Gasteiger partial charge in [0.25, 0.3) is 0 Å². The van der Waals surface area contributed by atoms with Crippen LogP contribution in [0.25, 0.3) is 0 Å². The summed E-state index contributed by atoms with van der Waals surface area (Å²) in [5, 5.41) is 23.9. The fourth-order valence-electron chi connectivity index (χ4n) is 1.40. The Bertz CT molecular complexity index is 492. The molecule has 0 aromatic carbocycles. The van der Waals surface area contributed by atoms with E-state index in [2.05, 4.69) is 16.0 Å². The van der Waals surface area contributed by atoms with E-state index in [4.69, 9.17) is 10.2 Å². The predicted molar refractivity (Wildman–Crippen MR) is 77.3 cm³/mol. The molecule has 0 saturated carbocycles. The van der Waals surface area contributed by atoms with Crippen molar-refractivity contribution in [2.75, 3.05) is 0 Å². The maximum absolute atomic E-state index is 11.8. The minimum atomic E-state index is -1.21. The molecule has 0 aliphatic carbocycles. The summed E-state index contributed by atoms with van der Waals surface area (Å²) < 4.78 is 0. The smallest absolute Gasteiger partial charge is 0.325 e. The van der Waals surface area contributed by atoms with Gasteiger partial charge in [0.05, 0.1) is 6.42 Å². The Kier molecular flexibility index (Phi) is 8.30. The van der Waals surface area contributed by atoms with Gasteiger partial charge in [-0.2, -0.15) is 0 Å². The molecule has 0 spiro atoms. The van der Waals surface area contributed by atoms with Crippen molar-refractivity contribution in [3.63, 3.8) is 0 Å². The first-order valence-electron chi connectivity index (χ1n) is 6.89. The molecule has 10 nitrogen and oxygen atoms in total. The van der Waals surface area contributed by atoms with Crippen LogP contribution in [0.2, 0.25) is 0 Å². The summed E-state index contributed by atoms with van der Waals surface area (Å²) >= 11 is 0. The van der Waals surface area contributed by atoms with Crippen molar-refractivity contribution >= 4 is 29.7 Å². The quantitative estimate of drug-likeness (QED) is 0.341. The van der Waals surface area contributed by atoms with Crippen molar-refractivity contribution in [1.29, 1.82) is 0 Å². The Hall–Kier alpha value is -2.65. The van der Waals surface area contributed by atoms with E-state index in [0.29, 0.717) is 0 Å². The number of nitrogens with one attached hydrogen (secondary N) is 3. The summed E-state index contributed by atoms with van der Waals surface area (Å²) in [7, 11) is 0. The first-order valence-corrected chi connectivity index (χ1v) is 6.89. The van der Waals surface area contributed by atoms with Gasteiger partial charge < -0.3 is 26.2 Å². The van der Waals surface area contributed by atoms with Crippen LogP contribution in [0.3, 0.4) is 0 Å². The van der Waals surface area contributed by atoms with Gasteiger partial charge in [-0.25, -0.2) is 0 Å². The van der Waals surface area contributed by atoms with Crippen molar-refractivity contribution in [2.45, 2.75) is 51.7 Å². The summed E-state index contributed by atoms with van der Waals surface area (Å²) in [6.07, 6.45) is -0.620. The lowest BCUT2D eigenvalue weighted by atomic mass is 10.2. The topological polar surface area (TPSA) is 162 Å². The fourth-order valence-corrected chi connectivity index (χ4v) is 1.40. The van der Waals surface area contributed by atoms with Crippen molar-refractivity contribution in [2.24, 2.45) is 0 Å². The fraction of sp³-hybridized carbons (Fsp3) is 0.615. The Balaban J connectivity index is 4.34. The lowest BCUT2D eigenvalue weighted by molar-refractivity contribution is -0.141. The molecule has 0 aromatic heterocycles. The van der Waals surface area contributed by atoms with Gasteiger partial charge in [-0.15, -0.1) is 0 Å². The highest BCUT2D eigenvalue weighted by atomic mass is 16.4. The van der Waals surface area contributed by atoms with Gasteiger partial charge in [0.2, 0.25) is 17.7 Å². The minimum Gasteiger partial charge on any atom is -0.481 e. The monoisotopic (exact) mass is 331 g/mol. The van der Waals surface area contributed by atoms with Gasteiger partial charge in [0.1, 0.15) is 18.1 Å². The second kappa shape index (κ2) is 9.38. The molecule has 0 radical (unpaired) electrons. The summed E-state index contributed by atoms with van der Waals surface area (Å²) in [4.78, 5) is 55.9. The number of carbonyl (C=O) groups excluding carboxylic acids is 3. The van der Waals surface area contributed by atoms with Crippen LogP contribution in [0, 0.1) is 0 Å². The molecule has 0 aliphatic heterocycles. The highest BCUT2D eigenvalue weighted by Crippen LogP contribution is 1.93. The number of carbonyl (C=O) groups is 5. The molecule has 0 bridgehead atoms. The van der Waals surface area contributed by atoms with E-state index in [0.717, 1.165) is 0 Å². The molecule has 23 heavy (non-hydrogen) atoms. The van der Waals surface area contributed by atoms with Gasteiger partial charge >= 0.3 is 11.9 Å². The SMILES string of the molecule is CC(NC(=O)C(C)NC(=O)C(C)NC(=O)CCC(=O)O)C(=O)O. The first-order chi connectivity index (χ1) is 10.5. The zero-order valence-electron chi connectivity index (χ0n) is 13.1. The van der Waals surface area contributed by atoms with E-state index in [-0.39, 0.29) is 12.8 Å². The van der Waals surface area contributed by atoms with Crippen LogP contribution in [0.5, 0.6) is 0 Å². The molecule has 0 aromatic rings. The molecule has 0 fully saturated rings. The molecule has 0 saturated heterocycles. The summed E-state index contributed by atoms with van der Waals surface area (Å²) in [5.74, 6) is -4.28. The Morgan fingerprint density at radius 2 is 1.17 bits per heavy atom. The molecule has 0 aliphatic rings. The number of carboxylic acids is 2. The number of carboxylic acid groups (broad SMARTS) is 2. The number of hydrogen-bond donors (Lipinski definition) is 5. The molecule has 3 unspecified atom stereocenters. The van der Waals surface area contributed by atoms with Crippen molar-refractivity contribution in [3.05, 3.63) is 0 Å². The molecule has 10 heteroatoms. The summed E-state index contributed by atoms with van der Waals surface area (Å²) in [6, 6.07) is -3.07. The van der Waals surface area contributed by atoms with Crippen LogP contribution in [-0.2, 0) is 24.0 Å². The van der Waals surface area contributed by atoms with E-state index in [9.17, 15) is 24.0 Å². The van der Waals surface area contributed by atoms with Crippen molar-refractivity contribution in [1.82, 2.24) is 16.0 Å². The van der Waals surface area contributed by atoms with Crippen LogP contribution in [0.4, 0.5) is 0 Å². The van der Waals surface area contributed by atoms with Gasteiger partial charge in [-0.3, -0.25) is 24.0 Å². The van der Waals surface area contributed by atoms with E-state index in [1.807, 2.05) is 0 Å². The summed E-state index contributed by atoms with van der Waals surface area (Å²) in [5.41, 5.74) is 0. The molecule has 0 heterocycles. The molecule has 3 atom stereocenters. The van der Waals surface area contributed by atoms with E-state index in [1.165, 1.54) is 20.8 Å². The molecular weight excluding hydrogens is 310 g/mol. The van der Waals surface area contributed by atoms with Crippen molar-refractivity contribution < 1.29 is 34.2 Å². The van der Waals surface area contributed by atoms with Crippen LogP contribution < -0.4 is 16.0 Å². The number of aliphatic carboxylic acids is 2. The lowest BCUT2D eigenvalue weighted by Crippen LogP contribution is -2.53. The largest absolute Gasteiger partial charge is 0.481 e. The molecule has 0 rings (SSSR count). The number of hydrogen-bond acceptors (Lipinski definition) is 5. The van der Waals surface area contributed by atoms with Crippen molar-refractivity contribution in [3.8, 4) is 0 Å². The second-order valence-electron chi connectivity index (χ2n) is 4.98. The molecule has 130 valence electrons. The average molecular weight is 331 g/mol. The third-order valence-corrected chi connectivity index (χ3v) is 2.82. The van der Waals surface area contributed by atoms with E-state index < -0.39 is 47.8 Å². The van der Waals surface area contributed by atoms with E-state index in [1.54, 1.807) is 0 Å². The molecular formula is C13H21N3O7. The normalized spacial score (nSPS) is 14.0. The standard InChI is InChI=1S/C13H21N3O7/c1-6(14-9(17)4-5-10(18)19)11(20)15-7(2)12(21)16-8(3)13(22)23/h6-8H,4-5H2,1-3H3,(H,14,17)(H,15,20)(H,16,21)(H,18,19)(H,22,23). The zero-order chi connectivity index (χ0) is 18.2. The Labute approximate surface area is 132 Å². The minimum absolute atomic E-state index is 0.265. The Morgan fingerprint density at radius 3 is 1.61 bits per heavy atom. The van der Waals surface area contributed by atoms with E-state index >= 15 is 0 Å². The maximum Gasteiger partial charge on any atom is 0.325 e. The first kappa shape index (κ1) is 20.3. The third-order valence-electron chi connectivity index (χ3n) is 2.82. The predicted octanol–water partition coefficient (Wildman–Crippen LogP) is -1.55. The van der Waals surface area contributed by atoms with Gasteiger partial charge in [0, 0.05) is 6.42 Å². The number of amides is 3. The van der Waals surface area contributed by atoms with Gasteiger partial charge in [0.15, 0.2) is 0 Å². The Morgan fingerprint density at radius 1 is 0.739 bits per heavy atom. The van der Waals surface area contributed by atoms with Crippen LogP contribution in [0.1, 0.15) is 33.6 Å². The van der Waals surface area contributed by atoms with Gasteiger partial charge in [-0.05, 0) is 20.8 Å². The highest BCUT2D eigenvalue weighted by molar-refractivity contribution is 5.93. The highest BCUT2D eigenvalue weighted by Gasteiger charge is 2.23. The van der Waals surface area contributed by atoms with Crippen LogP contribution in [0.15, 0.2) is 0 Å². The number of rotatable bonds is 9. The average Bonchev–Trinajstić information content (AvgIpc) is 2.44. The third kappa shape index (κ3) is 8.39.